The Balaban J connectivity index is 1.69. The summed E-state index contributed by atoms with van der Waals surface area (Å²) in [5.41, 5.74) is 1.55. The van der Waals surface area contributed by atoms with E-state index in [1.165, 1.54) is 18.3 Å². The SMILES string of the molecule is CC(=O)Nc1ccc2nc(NC(=O)C[C@@H]3C=CCC3)sc2c1. The van der Waals surface area contributed by atoms with Gasteiger partial charge >= 0.3 is 0 Å². The maximum absolute atomic E-state index is 12.0. The molecule has 6 heteroatoms. The van der Waals surface area contributed by atoms with Crippen LogP contribution in [0, 0.1) is 5.92 Å². The average molecular weight is 315 g/mol. The maximum atomic E-state index is 12.0. The Morgan fingerprint density at radius 3 is 2.95 bits per heavy atom. The van der Waals surface area contributed by atoms with E-state index < -0.39 is 0 Å². The van der Waals surface area contributed by atoms with Crippen LogP contribution in [-0.2, 0) is 9.59 Å². The number of hydrogen-bond acceptors (Lipinski definition) is 4. The molecule has 0 fully saturated rings. The van der Waals surface area contributed by atoms with Crippen LogP contribution in [0.2, 0.25) is 0 Å². The van der Waals surface area contributed by atoms with Crippen LogP contribution >= 0.6 is 11.3 Å². The largest absolute Gasteiger partial charge is 0.326 e. The van der Waals surface area contributed by atoms with Crippen molar-refractivity contribution in [1.29, 1.82) is 0 Å². The fraction of sp³-hybridized carbons (Fsp3) is 0.312. The Bertz CT molecular complexity index is 751. The number of allylic oxidation sites excluding steroid dienone is 2. The molecule has 0 unspecified atom stereocenters. The normalized spacial score (nSPS) is 16.9. The molecule has 2 aromatic rings. The van der Waals surface area contributed by atoms with Gasteiger partial charge in [0.05, 0.1) is 10.2 Å². The third-order valence-electron chi connectivity index (χ3n) is 3.52. The first kappa shape index (κ1) is 14.7. The van der Waals surface area contributed by atoms with Gasteiger partial charge in [0.15, 0.2) is 5.13 Å². The number of thiazole rings is 1. The van der Waals surface area contributed by atoms with E-state index in [1.807, 2.05) is 12.1 Å². The molecular weight excluding hydrogens is 298 g/mol. The first-order valence-corrected chi connectivity index (χ1v) is 8.06. The summed E-state index contributed by atoms with van der Waals surface area (Å²) in [6, 6.07) is 5.51. The quantitative estimate of drug-likeness (QED) is 0.848. The second kappa shape index (κ2) is 6.27. The number of carbonyl (C=O) groups excluding carboxylic acids is 2. The molecule has 114 valence electrons. The molecule has 2 amide bonds. The first-order valence-electron chi connectivity index (χ1n) is 7.25. The van der Waals surface area contributed by atoms with Crippen LogP contribution < -0.4 is 10.6 Å². The van der Waals surface area contributed by atoms with Crippen LogP contribution in [0.3, 0.4) is 0 Å². The molecule has 1 aliphatic carbocycles. The van der Waals surface area contributed by atoms with Crippen molar-refractivity contribution >= 4 is 44.2 Å². The first-order chi connectivity index (χ1) is 10.6. The number of aromatic nitrogens is 1. The number of nitrogens with one attached hydrogen (secondary N) is 2. The molecule has 0 aliphatic heterocycles. The Labute approximate surface area is 132 Å². The highest BCUT2D eigenvalue weighted by Gasteiger charge is 2.15. The summed E-state index contributed by atoms with van der Waals surface area (Å²) in [4.78, 5) is 27.5. The molecule has 1 aliphatic rings. The lowest BCUT2D eigenvalue weighted by atomic mass is 10.1. The summed E-state index contributed by atoms with van der Waals surface area (Å²) in [5, 5.41) is 6.20. The molecule has 5 nitrogen and oxygen atoms in total. The van der Waals surface area contributed by atoms with Crippen molar-refractivity contribution in [2.24, 2.45) is 5.92 Å². The van der Waals surface area contributed by atoms with Gasteiger partial charge in [-0.05, 0) is 37.0 Å². The molecule has 3 rings (SSSR count). The van der Waals surface area contributed by atoms with Crippen molar-refractivity contribution in [3.05, 3.63) is 30.4 Å². The molecule has 0 radical (unpaired) electrons. The van der Waals surface area contributed by atoms with Crippen molar-refractivity contribution in [2.75, 3.05) is 10.6 Å². The van der Waals surface area contributed by atoms with Gasteiger partial charge < -0.3 is 10.6 Å². The number of nitrogens with zero attached hydrogens (tertiary/aromatic N) is 1. The number of benzene rings is 1. The molecule has 1 heterocycles. The Hall–Kier alpha value is -2.21. The molecular formula is C16H17N3O2S. The standard InChI is InChI=1S/C16H17N3O2S/c1-10(20)17-12-6-7-13-14(9-12)22-16(18-13)19-15(21)8-11-4-2-3-5-11/h2,4,6-7,9,11H,3,5,8H2,1H3,(H,17,20)(H,18,19,21)/t11-/m1/s1. The number of amides is 2. The topological polar surface area (TPSA) is 71.1 Å². The molecule has 1 atom stereocenters. The van der Waals surface area contributed by atoms with Gasteiger partial charge in [0.1, 0.15) is 0 Å². The fourth-order valence-corrected chi connectivity index (χ4v) is 3.45. The number of rotatable bonds is 4. The molecule has 0 saturated heterocycles. The smallest absolute Gasteiger partial charge is 0.226 e. The number of hydrogen-bond donors (Lipinski definition) is 2. The van der Waals surface area contributed by atoms with E-state index >= 15 is 0 Å². The van der Waals surface area contributed by atoms with Crippen LogP contribution in [0.25, 0.3) is 10.2 Å². The maximum Gasteiger partial charge on any atom is 0.226 e. The number of anilines is 2. The van der Waals surface area contributed by atoms with Crippen LogP contribution in [0.1, 0.15) is 26.2 Å². The highest BCUT2D eigenvalue weighted by atomic mass is 32.1. The van der Waals surface area contributed by atoms with Gasteiger partial charge in [0, 0.05) is 19.0 Å². The van der Waals surface area contributed by atoms with E-state index in [0.717, 1.165) is 28.7 Å². The van der Waals surface area contributed by atoms with Gasteiger partial charge in [-0.1, -0.05) is 23.5 Å². The molecule has 1 aromatic heterocycles. The molecule has 2 N–H and O–H groups in total. The summed E-state index contributed by atoms with van der Waals surface area (Å²) in [7, 11) is 0. The van der Waals surface area contributed by atoms with E-state index in [1.54, 1.807) is 6.07 Å². The zero-order valence-corrected chi connectivity index (χ0v) is 13.1. The van der Waals surface area contributed by atoms with Crippen LogP contribution in [0.4, 0.5) is 10.8 Å². The number of fused-ring (bicyclic) bond motifs is 1. The van der Waals surface area contributed by atoms with Crippen molar-refractivity contribution in [1.82, 2.24) is 4.98 Å². The van der Waals surface area contributed by atoms with Crippen LogP contribution in [0.15, 0.2) is 30.4 Å². The minimum Gasteiger partial charge on any atom is -0.326 e. The Morgan fingerprint density at radius 1 is 1.36 bits per heavy atom. The summed E-state index contributed by atoms with van der Waals surface area (Å²) >= 11 is 1.41. The predicted molar refractivity (Wildman–Crippen MR) is 89.0 cm³/mol. The molecule has 0 bridgehead atoms. The highest BCUT2D eigenvalue weighted by molar-refractivity contribution is 7.22. The zero-order chi connectivity index (χ0) is 15.5. The zero-order valence-electron chi connectivity index (χ0n) is 12.3. The summed E-state index contributed by atoms with van der Waals surface area (Å²) in [6.07, 6.45) is 6.85. The Kier molecular flexibility index (Phi) is 4.20. The van der Waals surface area contributed by atoms with E-state index in [0.29, 0.717) is 17.5 Å². The highest BCUT2D eigenvalue weighted by Crippen LogP contribution is 2.29. The van der Waals surface area contributed by atoms with Crippen molar-refractivity contribution in [3.8, 4) is 0 Å². The lowest BCUT2D eigenvalue weighted by Gasteiger charge is -2.06. The van der Waals surface area contributed by atoms with Gasteiger partial charge in [0.25, 0.3) is 0 Å². The lowest BCUT2D eigenvalue weighted by Crippen LogP contribution is -2.14. The molecule has 0 saturated carbocycles. The van der Waals surface area contributed by atoms with Gasteiger partial charge in [-0.2, -0.15) is 0 Å². The fourth-order valence-electron chi connectivity index (χ4n) is 2.53. The second-order valence-electron chi connectivity index (χ2n) is 5.40. The Morgan fingerprint density at radius 2 is 2.23 bits per heavy atom. The van der Waals surface area contributed by atoms with Crippen molar-refractivity contribution < 1.29 is 9.59 Å². The van der Waals surface area contributed by atoms with Crippen LogP contribution in [-0.4, -0.2) is 16.8 Å². The molecule has 1 aromatic carbocycles. The van der Waals surface area contributed by atoms with E-state index in [2.05, 4.69) is 27.8 Å². The van der Waals surface area contributed by atoms with Crippen molar-refractivity contribution in [2.45, 2.75) is 26.2 Å². The van der Waals surface area contributed by atoms with Gasteiger partial charge in [0.2, 0.25) is 11.8 Å². The van der Waals surface area contributed by atoms with Gasteiger partial charge in [-0.3, -0.25) is 9.59 Å². The second-order valence-corrected chi connectivity index (χ2v) is 6.43. The lowest BCUT2D eigenvalue weighted by molar-refractivity contribution is -0.117. The van der Waals surface area contributed by atoms with E-state index in [-0.39, 0.29) is 11.8 Å². The minimum absolute atomic E-state index is 0.00214. The predicted octanol–water partition coefficient (Wildman–Crippen LogP) is 3.55. The van der Waals surface area contributed by atoms with Gasteiger partial charge in [-0.15, -0.1) is 0 Å². The minimum atomic E-state index is -0.109. The summed E-state index contributed by atoms with van der Waals surface area (Å²) in [6.45, 7) is 1.47. The summed E-state index contributed by atoms with van der Waals surface area (Å²) < 4.78 is 0.933. The summed E-state index contributed by atoms with van der Waals surface area (Å²) in [5.74, 6) is 0.237. The third-order valence-corrected chi connectivity index (χ3v) is 4.45. The van der Waals surface area contributed by atoms with E-state index in [9.17, 15) is 9.59 Å². The molecule has 22 heavy (non-hydrogen) atoms. The number of carbonyl (C=O) groups is 2. The molecule has 0 spiro atoms. The average Bonchev–Trinajstić information content (AvgIpc) is 3.06. The monoisotopic (exact) mass is 315 g/mol. The van der Waals surface area contributed by atoms with Crippen LogP contribution in [0.5, 0.6) is 0 Å². The third kappa shape index (κ3) is 3.51. The van der Waals surface area contributed by atoms with Gasteiger partial charge in [-0.25, -0.2) is 4.98 Å². The van der Waals surface area contributed by atoms with Crippen molar-refractivity contribution in [3.63, 3.8) is 0 Å². The van der Waals surface area contributed by atoms with E-state index in [4.69, 9.17) is 0 Å².